The van der Waals surface area contributed by atoms with Crippen molar-refractivity contribution in [1.82, 2.24) is 0 Å². The number of phenols is 3. The predicted octanol–water partition coefficient (Wildman–Crippen LogP) is 2.19. The first kappa shape index (κ1) is 14.1. The highest BCUT2D eigenvalue weighted by Crippen LogP contribution is 2.65. The molecule has 0 fully saturated rings. The molecule has 0 spiro atoms. The molecule has 2 rings (SSSR count). The molecule has 0 atom stereocenters. The quantitative estimate of drug-likeness (QED) is 0.380. The zero-order chi connectivity index (χ0) is 15.0. The van der Waals surface area contributed by atoms with Crippen LogP contribution in [0.4, 0.5) is 0 Å². The first-order chi connectivity index (χ1) is 8.39. The van der Waals surface area contributed by atoms with Gasteiger partial charge in [-0.15, -0.1) is 0 Å². The highest BCUT2D eigenvalue weighted by atomic mass is 16.3. The number of hydrogen-bond acceptors (Lipinski definition) is 3. The SMILES string of the molecule is [B]c1c(O)c(O)c2c(c1O)C(C)(C)C(C)(C)C2(C)C. The Morgan fingerprint density at radius 3 is 1.47 bits per heavy atom. The minimum absolute atomic E-state index is 0.117. The molecule has 0 heterocycles. The van der Waals surface area contributed by atoms with Gasteiger partial charge in [-0.25, -0.2) is 0 Å². The molecule has 1 aromatic rings. The molecule has 0 amide bonds. The van der Waals surface area contributed by atoms with Crippen molar-refractivity contribution in [3.05, 3.63) is 11.1 Å². The van der Waals surface area contributed by atoms with Gasteiger partial charge in [0.2, 0.25) is 0 Å². The fourth-order valence-corrected chi connectivity index (χ4v) is 3.35. The Kier molecular flexibility index (Phi) is 2.53. The summed E-state index contributed by atoms with van der Waals surface area (Å²) in [5, 5.41) is 30.5. The Morgan fingerprint density at radius 1 is 0.684 bits per heavy atom. The lowest BCUT2D eigenvalue weighted by Crippen LogP contribution is -2.42. The second-order valence-corrected chi connectivity index (χ2v) is 7.08. The molecule has 102 valence electrons. The van der Waals surface area contributed by atoms with Crippen molar-refractivity contribution in [2.24, 2.45) is 5.41 Å². The molecule has 4 heteroatoms. The molecule has 0 saturated carbocycles. The Morgan fingerprint density at radius 2 is 1.05 bits per heavy atom. The predicted molar refractivity (Wildman–Crippen MR) is 76.7 cm³/mol. The topological polar surface area (TPSA) is 60.7 Å². The second kappa shape index (κ2) is 3.41. The molecule has 0 saturated heterocycles. The maximum Gasteiger partial charge on any atom is 0.161 e. The zero-order valence-corrected chi connectivity index (χ0v) is 12.4. The average molecular weight is 260 g/mol. The van der Waals surface area contributed by atoms with E-state index in [1.54, 1.807) is 0 Å². The molecule has 3 N–H and O–H groups in total. The largest absolute Gasteiger partial charge is 0.508 e. The van der Waals surface area contributed by atoms with Crippen LogP contribution in [0.2, 0.25) is 0 Å². The Labute approximate surface area is 115 Å². The van der Waals surface area contributed by atoms with Crippen LogP contribution in [0, 0.1) is 5.41 Å². The van der Waals surface area contributed by atoms with Crippen LogP contribution in [0.1, 0.15) is 52.7 Å². The fraction of sp³-hybridized carbons (Fsp3) is 0.600. The summed E-state index contributed by atoms with van der Waals surface area (Å²) in [6, 6.07) is 0. The molecule has 1 aliphatic carbocycles. The highest BCUT2D eigenvalue weighted by Gasteiger charge is 2.59. The van der Waals surface area contributed by atoms with Crippen molar-refractivity contribution >= 4 is 13.3 Å². The van der Waals surface area contributed by atoms with Gasteiger partial charge < -0.3 is 15.3 Å². The van der Waals surface area contributed by atoms with Crippen molar-refractivity contribution in [2.45, 2.75) is 52.4 Å². The van der Waals surface area contributed by atoms with Crippen molar-refractivity contribution < 1.29 is 15.3 Å². The van der Waals surface area contributed by atoms with Gasteiger partial charge in [-0.05, 0) is 21.7 Å². The third-order valence-electron chi connectivity index (χ3n) is 5.83. The molecule has 19 heavy (non-hydrogen) atoms. The third-order valence-corrected chi connectivity index (χ3v) is 5.83. The summed E-state index contributed by atoms with van der Waals surface area (Å²) in [5.74, 6) is -0.763. The van der Waals surface area contributed by atoms with E-state index in [1.165, 1.54) is 0 Å². The fourth-order valence-electron chi connectivity index (χ4n) is 3.35. The number of rotatable bonds is 0. The number of benzene rings is 1. The number of phenolic OH excluding ortho intramolecular Hbond substituents is 3. The Hall–Kier alpha value is -1.32. The van der Waals surface area contributed by atoms with Crippen LogP contribution >= 0.6 is 0 Å². The Balaban J connectivity index is 3.02. The summed E-state index contributed by atoms with van der Waals surface area (Å²) in [6.07, 6.45) is 0. The summed E-state index contributed by atoms with van der Waals surface area (Å²) in [6.45, 7) is 12.3. The average Bonchev–Trinajstić information content (AvgIpc) is 2.39. The maximum absolute atomic E-state index is 10.3. The normalized spacial score (nSPS) is 22.2. The molecule has 3 nitrogen and oxygen atoms in total. The van der Waals surface area contributed by atoms with Gasteiger partial charge in [-0.3, -0.25) is 0 Å². The van der Waals surface area contributed by atoms with E-state index in [4.69, 9.17) is 7.85 Å². The molecular formula is C15H21BO3. The van der Waals surface area contributed by atoms with Crippen LogP contribution in [0.5, 0.6) is 17.2 Å². The summed E-state index contributed by atoms with van der Waals surface area (Å²) in [4.78, 5) is 0. The van der Waals surface area contributed by atoms with Gasteiger partial charge in [-0.2, -0.15) is 0 Å². The van der Waals surface area contributed by atoms with Crippen LogP contribution in [0.15, 0.2) is 0 Å². The highest BCUT2D eigenvalue weighted by molar-refractivity contribution is 6.36. The Bertz CT molecular complexity index is 522. The van der Waals surface area contributed by atoms with Crippen LogP contribution in [-0.2, 0) is 10.8 Å². The molecular weight excluding hydrogens is 239 g/mol. The van der Waals surface area contributed by atoms with E-state index < -0.39 is 11.2 Å². The number of aromatic hydroxyl groups is 3. The van der Waals surface area contributed by atoms with E-state index in [0.717, 1.165) is 0 Å². The van der Waals surface area contributed by atoms with Gasteiger partial charge in [-0.1, -0.05) is 41.5 Å². The molecule has 1 aromatic carbocycles. The van der Waals surface area contributed by atoms with E-state index >= 15 is 0 Å². The van der Waals surface area contributed by atoms with Gasteiger partial charge in [0.25, 0.3) is 0 Å². The smallest absolute Gasteiger partial charge is 0.161 e. The van der Waals surface area contributed by atoms with Crippen molar-refractivity contribution in [1.29, 1.82) is 0 Å². The summed E-state index contributed by atoms with van der Waals surface area (Å²) < 4.78 is 0. The van der Waals surface area contributed by atoms with Gasteiger partial charge in [0.15, 0.2) is 11.5 Å². The van der Waals surface area contributed by atoms with E-state index in [2.05, 4.69) is 13.8 Å². The van der Waals surface area contributed by atoms with Crippen LogP contribution in [-0.4, -0.2) is 23.2 Å². The lowest BCUT2D eigenvalue weighted by molar-refractivity contribution is 0.122. The zero-order valence-electron chi connectivity index (χ0n) is 12.4. The second-order valence-electron chi connectivity index (χ2n) is 7.08. The van der Waals surface area contributed by atoms with Crippen LogP contribution in [0.3, 0.4) is 0 Å². The lowest BCUT2D eigenvalue weighted by Gasteiger charge is -2.44. The van der Waals surface area contributed by atoms with E-state index in [9.17, 15) is 15.3 Å². The summed E-state index contributed by atoms with van der Waals surface area (Å²) in [7, 11) is 5.69. The minimum atomic E-state index is -0.433. The minimum Gasteiger partial charge on any atom is -0.508 e. The van der Waals surface area contributed by atoms with Gasteiger partial charge >= 0.3 is 0 Å². The van der Waals surface area contributed by atoms with Gasteiger partial charge in [0, 0.05) is 11.1 Å². The monoisotopic (exact) mass is 260 g/mol. The number of fused-ring (bicyclic) bond motifs is 1. The van der Waals surface area contributed by atoms with Crippen LogP contribution < -0.4 is 5.46 Å². The summed E-state index contributed by atoms with van der Waals surface area (Å²) >= 11 is 0. The van der Waals surface area contributed by atoms with E-state index in [0.29, 0.717) is 11.1 Å². The first-order valence-electron chi connectivity index (χ1n) is 6.46. The molecule has 1 aliphatic rings. The first-order valence-corrected chi connectivity index (χ1v) is 6.46. The maximum atomic E-state index is 10.3. The number of hydrogen-bond donors (Lipinski definition) is 3. The standard InChI is InChI=1S/C15H21BO3/c1-13(2)7-8(14(3,4)15(13,5)6)11(18)12(19)9(16)10(7)17/h17-19H,1-6H3. The molecule has 0 aromatic heterocycles. The van der Waals surface area contributed by atoms with Crippen LogP contribution in [0.25, 0.3) is 0 Å². The van der Waals surface area contributed by atoms with E-state index in [-0.39, 0.29) is 27.8 Å². The summed E-state index contributed by atoms with van der Waals surface area (Å²) in [5.41, 5.74) is 0.0607. The lowest BCUT2D eigenvalue weighted by atomic mass is 9.59. The molecule has 0 aliphatic heterocycles. The van der Waals surface area contributed by atoms with Crippen molar-refractivity contribution in [2.75, 3.05) is 0 Å². The van der Waals surface area contributed by atoms with Gasteiger partial charge in [0.05, 0.1) is 0 Å². The molecule has 0 unspecified atom stereocenters. The van der Waals surface area contributed by atoms with Crippen molar-refractivity contribution in [3.8, 4) is 17.2 Å². The van der Waals surface area contributed by atoms with Crippen molar-refractivity contribution in [3.63, 3.8) is 0 Å². The van der Waals surface area contributed by atoms with E-state index in [1.807, 2.05) is 27.7 Å². The molecule has 0 bridgehead atoms. The third kappa shape index (κ3) is 1.30. The molecule has 2 radical (unpaired) electrons. The van der Waals surface area contributed by atoms with Gasteiger partial charge in [0.1, 0.15) is 13.6 Å².